The van der Waals surface area contributed by atoms with Crippen LogP contribution < -0.4 is 5.32 Å². The number of hydrogen-bond donors (Lipinski definition) is 1. The van der Waals surface area contributed by atoms with Gasteiger partial charge < -0.3 is 5.32 Å². The van der Waals surface area contributed by atoms with Crippen LogP contribution in [0.1, 0.15) is 17.9 Å². The summed E-state index contributed by atoms with van der Waals surface area (Å²) < 4.78 is 13.8. The van der Waals surface area contributed by atoms with E-state index in [1.807, 2.05) is 48.5 Å². The van der Waals surface area contributed by atoms with Gasteiger partial charge in [-0.05, 0) is 46.9 Å². The lowest BCUT2D eigenvalue weighted by Crippen LogP contribution is -2.14. The van der Waals surface area contributed by atoms with Crippen LogP contribution in [0.15, 0.2) is 66.7 Å². The highest BCUT2D eigenvalue weighted by Gasteiger charge is 2.45. The van der Waals surface area contributed by atoms with Gasteiger partial charge in [0.1, 0.15) is 5.82 Å². The molecule has 0 saturated heterocycles. The molecule has 1 aliphatic carbocycles. The largest absolute Gasteiger partial charge is 0.326 e. The molecule has 0 bridgehead atoms. The number of halogens is 1. The zero-order chi connectivity index (χ0) is 15.8. The van der Waals surface area contributed by atoms with Gasteiger partial charge in [0.2, 0.25) is 5.91 Å². The maximum atomic E-state index is 13.8. The van der Waals surface area contributed by atoms with Crippen LogP contribution in [0, 0.1) is 11.7 Å². The lowest BCUT2D eigenvalue weighted by molar-refractivity contribution is -0.117. The van der Waals surface area contributed by atoms with Crippen molar-refractivity contribution >= 4 is 22.4 Å². The molecule has 1 saturated carbocycles. The van der Waals surface area contributed by atoms with Crippen LogP contribution in [0.3, 0.4) is 0 Å². The molecule has 2 unspecified atom stereocenters. The van der Waals surface area contributed by atoms with Crippen molar-refractivity contribution in [2.75, 3.05) is 5.32 Å². The minimum absolute atomic E-state index is 0.00310. The van der Waals surface area contributed by atoms with Crippen LogP contribution in [0.25, 0.3) is 10.8 Å². The van der Waals surface area contributed by atoms with Crippen LogP contribution >= 0.6 is 0 Å². The van der Waals surface area contributed by atoms with Gasteiger partial charge in [-0.2, -0.15) is 0 Å². The Bertz CT molecular complexity index is 889. The molecule has 114 valence electrons. The molecule has 4 rings (SSSR count). The Balaban J connectivity index is 1.49. The van der Waals surface area contributed by atoms with Gasteiger partial charge in [0, 0.05) is 11.6 Å². The van der Waals surface area contributed by atoms with E-state index in [-0.39, 0.29) is 23.6 Å². The molecule has 23 heavy (non-hydrogen) atoms. The van der Waals surface area contributed by atoms with E-state index in [1.165, 1.54) is 6.07 Å². The van der Waals surface area contributed by atoms with Crippen molar-refractivity contribution in [3.8, 4) is 0 Å². The molecule has 1 amide bonds. The van der Waals surface area contributed by atoms with Crippen LogP contribution in [0.5, 0.6) is 0 Å². The fourth-order valence-corrected chi connectivity index (χ4v) is 3.11. The second kappa shape index (κ2) is 5.51. The van der Waals surface area contributed by atoms with E-state index in [2.05, 4.69) is 5.32 Å². The van der Waals surface area contributed by atoms with Gasteiger partial charge in [-0.1, -0.05) is 48.5 Å². The number of fused-ring (bicyclic) bond motifs is 1. The minimum atomic E-state index is -0.224. The van der Waals surface area contributed by atoms with E-state index < -0.39 is 0 Å². The van der Waals surface area contributed by atoms with Crippen molar-refractivity contribution in [3.05, 3.63) is 78.1 Å². The maximum Gasteiger partial charge on any atom is 0.228 e. The summed E-state index contributed by atoms with van der Waals surface area (Å²) in [6.07, 6.45) is 0.709. The Kier molecular flexibility index (Phi) is 3.34. The molecule has 0 aliphatic heterocycles. The molecule has 1 fully saturated rings. The predicted octanol–water partition coefficient (Wildman–Crippen LogP) is 4.72. The third-order valence-corrected chi connectivity index (χ3v) is 4.45. The SMILES string of the molecule is O=C(Nc1ccc2ccccc2c1)C1CC1c1ccccc1F. The summed E-state index contributed by atoms with van der Waals surface area (Å²) in [6.45, 7) is 0. The van der Waals surface area contributed by atoms with Gasteiger partial charge in [0.15, 0.2) is 0 Å². The molecule has 0 aromatic heterocycles. The number of amides is 1. The van der Waals surface area contributed by atoms with Gasteiger partial charge in [-0.3, -0.25) is 4.79 Å². The average molecular weight is 305 g/mol. The van der Waals surface area contributed by atoms with E-state index in [0.717, 1.165) is 16.5 Å². The van der Waals surface area contributed by atoms with Crippen molar-refractivity contribution in [2.45, 2.75) is 12.3 Å². The number of hydrogen-bond acceptors (Lipinski definition) is 1. The zero-order valence-electron chi connectivity index (χ0n) is 12.5. The van der Waals surface area contributed by atoms with Crippen molar-refractivity contribution < 1.29 is 9.18 Å². The highest BCUT2D eigenvalue weighted by molar-refractivity contribution is 5.97. The van der Waals surface area contributed by atoms with E-state index >= 15 is 0 Å². The first kappa shape index (κ1) is 13.9. The number of anilines is 1. The van der Waals surface area contributed by atoms with Crippen LogP contribution in [-0.4, -0.2) is 5.91 Å². The van der Waals surface area contributed by atoms with Gasteiger partial charge in [-0.15, -0.1) is 0 Å². The molecular weight excluding hydrogens is 289 g/mol. The normalized spacial score (nSPS) is 19.5. The minimum Gasteiger partial charge on any atom is -0.326 e. The highest BCUT2D eigenvalue weighted by Crippen LogP contribution is 2.48. The Morgan fingerprint density at radius 1 is 0.957 bits per heavy atom. The summed E-state index contributed by atoms with van der Waals surface area (Å²) >= 11 is 0. The van der Waals surface area contributed by atoms with Gasteiger partial charge in [0.25, 0.3) is 0 Å². The number of benzene rings is 3. The summed E-state index contributed by atoms with van der Waals surface area (Å²) in [5.74, 6) is -0.401. The van der Waals surface area contributed by atoms with Gasteiger partial charge >= 0.3 is 0 Å². The Morgan fingerprint density at radius 3 is 2.52 bits per heavy atom. The maximum absolute atomic E-state index is 13.8. The van der Waals surface area contributed by atoms with Crippen molar-refractivity contribution in [1.82, 2.24) is 0 Å². The fourth-order valence-electron chi connectivity index (χ4n) is 3.11. The Hall–Kier alpha value is -2.68. The summed E-state index contributed by atoms with van der Waals surface area (Å²) in [6, 6.07) is 20.6. The van der Waals surface area contributed by atoms with Crippen LogP contribution in [0.2, 0.25) is 0 Å². The summed E-state index contributed by atoms with van der Waals surface area (Å²) in [5, 5.41) is 5.18. The molecule has 0 heterocycles. The lowest BCUT2D eigenvalue weighted by Gasteiger charge is -2.07. The number of nitrogens with one attached hydrogen (secondary N) is 1. The van der Waals surface area contributed by atoms with Gasteiger partial charge in [0.05, 0.1) is 0 Å². The Morgan fingerprint density at radius 2 is 1.70 bits per heavy atom. The number of rotatable bonds is 3. The molecule has 1 aliphatic rings. The van der Waals surface area contributed by atoms with Crippen molar-refractivity contribution in [3.63, 3.8) is 0 Å². The molecule has 0 spiro atoms. The molecular formula is C20H16FNO. The molecule has 3 aromatic rings. The topological polar surface area (TPSA) is 29.1 Å². The standard InChI is InChI=1S/C20H16FNO/c21-19-8-4-3-7-16(19)17-12-18(17)20(23)22-15-10-9-13-5-1-2-6-14(13)11-15/h1-11,17-18H,12H2,(H,22,23). The highest BCUT2D eigenvalue weighted by atomic mass is 19.1. The molecule has 1 N–H and O–H groups in total. The molecule has 3 heteroatoms. The van der Waals surface area contributed by atoms with E-state index in [0.29, 0.717) is 12.0 Å². The lowest BCUT2D eigenvalue weighted by atomic mass is 10.1. The molecule has 2 nitrogen and oxygen atoms in total. The second-order valence-electron chi connectivity index (χ2n) is 6.02. The smallest absolute Gasteiger partial charge is 0.228 e. The number of carbonyl (C=O) groups excluding carboxylic acids is 1. The van der Waals surface area contributed by atoms with Crippen LogP contribution in [0.4, 0.5) is 10.1 Å². The summed E-state index contributed by atoms with van der Waals surface area (Å²) in [5.41, 5.74) is 1.43. The van der Waals surface area contributed by atoms with Crippen molar-refractivity contribution in [1.29, 1.82) is 0 Å². The van der Waals surface area contributed by atoms with Crippen molar-refractivity contribution in [2.24, 2.45) is 5.92 Å². The van der Waals surface area contributed by atoms with Gasteiger partial charge in [-0.25, -0.2) is 4.39 Å². The second-order valence-corrected chi connectivity index (χ2v) is 6.02. The first-order valence-electron chi connectivity index (χ1n) is 7.76. The predicted molar refractivity (Wildman–Crippen MR) is 89.8 cm³/mol. The van der Waals surface area contributed by atoms with E-state index in [4.69, 9.17) is 0 Å². The molecule has 0 radical (unpaired) electrons. The van der Waals surface area contributed by atoms with Crippen LogP contribution in [-0.2, 0) is 4.79 Å². The van der Waals surface area contributed by atoms with E-state index in [1.54, 1.807) is 12.1 Å². The molecule has 2 atom stereocenters. The average Bonchev–Trinajstić information content (AvgIpc) is 3.36. The number of carbonyl (C=O) groups is 1. The Labute approximate surface area is 134 Å². The zero-order valence-corrected chi connectivity index (χ0v) is 12.5. The van der Waals surface area contributed by atoms with E-state index in [9.17, 15) is 9.18 Å². The monoisotopic (exact) mass is 305 g/mol. The quantitative estimate of drug-likeness (QED) is 0.745. The third kappa shape index (κ3) is 2.70. The molecule has 3 aromatic carbocycles. The third-order valence-electron chi connectivity index (χ3n) is 4.45. The summed E-state index contributed by atoms with van der Waals surface area (Å²) in [4.78, 5) is 12.4. The first-order chi connectivity index (χ1) is 11.2. The summed E-state index contributed by atoms with van der Waals surface area (Å²) in [7, 11) is 0. The fraction of sp³-hybridized carbons (Fsp3) is 0.150. The first-order valence-corrected chi connectivity index (χ1v) is 7.76.